The molecule has 0 aliphatic rings. The number of nitro benzene ring substituents is 1. The average Bonchev–Trinajstić information content (AvgIpc) is 3.03. The molecule has 3 aromatic rings. The molecule has 1 aromatic heterocycles. The highest BCUT2D eigenvalue weighted by molar-refractivity contribution is 5.54. The second-order valence-corrected chi connectivity index (χ2v) is 4.54. The Bertz CT molecular complexity index is 786. The molecule has 0 saturated heterocycles. The van der Waals surface area contributed by atoms with Crippen molar-refractivity contribution in [2.24, 2.45) is 0 Å². The van der Waals surface area contributed by atoms with Crippen LogP contribution in [0.2, 0.25) is 0 Å². The summed E-state index contributed by atoms with van der Waals surface area (Å²) in [5.74, 6) is 0.918. The molecule has 7 nitrogen and oxygen atoms in total. The first-order chi connectivity index (χ1) is 10.7. The second kappa shape index (κ2) is 6.04. The van der Waals surface area contributed by atoms with Crippen molar-refractivity contribution in [1.82, 2.24) is 10.1 Å². The predicted molar refractivity (Wildman–Crippen MR) is 80.2 cm³/mol. The summed E-state index contributed by atoms with van der Waals surface area (Å²) < 4.78 is 5.16. The van der Waals surface area contributed by atoms with E-state index < -0.39 is 4.92 Å². The van der Waals surface area contributed by atoms with E-state index in [9.17, 15) is 10.1 Å². The molecule has 0 saturated carbocycles. The van der Waals surface area contributed by atoms with Crippen LogP contribution in [0, 0.1) is 10.1 Å². The maximum absolute atomic E-state index is 10.7. The second-order valence-electron chi connectivity index (χ2n) is 4.54. The Morgan fingerprint density at radius 1 is 1.14 bits per heavy atom. The largest absolute Gasteiger partial charge is 0.376 e. The van der Waals surface area contributed by atoms with Gasteiger partial charge in [0.05, 0.1) is 11.5 Å². The summed E-state index contributed by atoms with van der Waals surface area (Å²) in [4.78, 5) is 14.6. The van der Waals surface area contributed by atoms with Gasteiger partial charge in [-0.3, -0.25) is 10.1 Å². The lowest BCUT2D eigenvalue weighted by Crippen LogP contribution is -2.00. The lowest BCUT2D eigenvalue weighted by molar-refractivity contribution is -0.384. The summed E-state index contributed by atoms with van der Waals surface area (Å²) in [5.41, 5.74) is 1.52. The van der Waals surface area contributed by atoms with Crippen LogP contribution in [0.5, 0.6) is 0 Å². The van der Waals surface area contributed by atoms with E-state index in [2.05, 4.69) is 15.5 Å². The van der Waals surface area contributed by atoms with E-state index in [-0.39, 0.29) is 5.69 Å². The van der Waals surface area contributed by atoms with Crippen molar-refractivity contribution in [1.29, 1.82) is 0 Å². The smallest absolute Gasteiger partial charge is 0.271 e. The third kappa shape index (κ3) is 3.09. The van der Waals surface area contributed by atoms with Crippen molar-refractivity contribution in [2.75, 3.05) is 5.32 Å². The zero-order valence-corrected chi connectivity index (χ0v) is 11.5. The fourth-order valence-corrected chi connectivity index (χ4v) is 1.94. The first-order valence-electron chi connectivity index (χ1n) is 6.59. The third-order valence-corrected chi connectivity index (χ3v) is 3.00. The van der Waals surface area contributed by atoms with Crippen LogP contribution < -0.4 is 5.32 Å². The molecular weight excluding hydrogens is 284 g/mol. The summed E-state index contributed by atoms with van der Waals surface area (Å²) in [6.45, 7) is 0.293. The molecule has 0 amide bonds. The maximum atomic E-state index is 10.7. The van der Waals surface area contributed by atoms with Crippen LogP contribution in [-0.4, -0.2) is 15.1 Å². The molecule has 0 aliphatic carbocycles. The van der Waals surface area contributed by atoms with Gasteiger partial charge in [0.1, 0.15) is 0 Å². The molecule has 0 aliphatic heterocycles. The van der Waals surface area contributed by atoms with Gasteiger partial charge in [-0.1, -0.05) is 41.6 Å². The minimum absolute atomic E-state index is 0.0282. The molecule has 0 bridgehead atoms. The van der Waals surface area contributed by atoms with Gasteiger partial charge in [-0.15, -0.1) is 0 Å². The van der Waals surface area contributed by atoms with E-state index in [1.54, 1.807) is 12.1 Å². The average molecular weight is 296 g/mol. The van der Waals surface area contributed by atoms with Crippen molar-refractivity contribution in [3.8, 4) is 11.4 Å². The summed E-state index contributed by atoms with van der Waals surface area (Å²) >= 11 is 0. The van der Waals surface area contributed by atoms with E-state index >= 15 is 0 Å². The van der Waals surface area contributed by atoms with Crippen LogP contribution in [0.25, 0.3) is 11.4 Å². The third-order valence-electron chi connectivity index (χ3n) is 3.00. The first-order valence-corrected chi connectivity index (χ1v) is 6.59. The molecule has 7 heteroatoms. The van der Waals surface area contributed by atoms with Gasteiger partial charge in [0.15, 0.2) is 0 Å². The quantitative estimate of drug-likeness (QED) is 0.573. The fourth-order valence-electron chi connectivity index (χ4n) is 1.94. The number of nitrogens with one attached hydrogen (secondary N) is 1. The SMILES string of the molecule is O=[N+]([O-])c1cccc(NCc2nc(-c3ccccc3)no2)c1. The van der Waals surface area contributed by atoms with Crippen LogP contribution in [0.4, 0.5) is 11.4 Å². The highest BCUT2D eigenvalue weighted by Gasteiger charge is 2.09. The van der Waals surface area contributed by atoms with Crippen molar-refractivity contribution < 1.29 is 9.45 Å². The zero-order valence-electron chi connectivity index (χ0n) is 11.5. The molecule has 0 unspecified atom stereocenters. The Hall–Kier alpha value is -3.22. The molecule has 0 spiro atoms. The molecule has 2 aromatic carbocycles. The molecule has 0 atom stereocenters. The minimum Gasteiger partial charge on any atom is -0.376 e. The van der Waals surface area contributed by atoms with Crippen LogP contribution in [0.1, 0.15) is 5.89 Å². The van der Waals surface area contributed by atoms with Crippen molar-refractivity contribution in [3.63, 3.8) is 0 Å². The number of rotatable bonds is 5. The van der Waals surface area contributed by atoms with Crippen LogP contribution in [0.3, 0.4) is 0 Å². The molecule has 22 heavy (non-hydrogen) atoms. The number of nitrogens with zero attached hydrogens (tertiary/aromatic N) is 3. The van der Waals surface area contributed by atoms with Gasteiger partial charge >= 0.3 is 0 Å². The molecule has 3 rings (SSSR count). The highest BCUT2D eigenvalue weighted by Crippen LogP contribution is 2.18. The zero-order chi connectivity index (χ0) is 15.4. The van der Waals surface area contributed by atoms with Gasteiger partial charge in [-0.05, 0) is 6.07 Å². The number of nitro groups is 1. The predicted octanol–water partition coefficient (Wildman–Crippen LogP) is 3.26. The molecule has 1 N–H and O–H groups in total. The van der Waals surface area contributed by atoms with E-state index in [4.69, 9.17) is 4.52 Å². The van der Waals surface area contributed by atoms with Gasteiger partial charge in [0.2, 0.25) is 11.7 Å². The Balaban J connectivity index is 1.69. The van der Waals surface area contributed by atoms with Gasteiger partial charge in [0.25, 0.3) is 5.69 Å². The maximum Gasteiger partial charge on any atom is 0.271 e. The van der Waals surface area contributed by atoms with Gasteiger partial charge in [-0.2, -0.15) is 4.98 Å². The van der Waals surface area contributed by atoms with Gasteiger partial charge in [-0.25, -0.2) is 0 Å². The number of anilines is 1. The van der Waals surface area contributed by atoms with Crippen LogP contribution in [-0.2, 0) is 6.54 Å². The molecular formula is C15H12N4O3. The molecule has 0 fully saturated rings. The van der Waals surface area contributed by atoms with Crippen LogP contribution in [0.15, 0.2) is 59.1 Å². The highest BCUT2D eigenvalue weighted by atomic mass is 16.6. The van der Waals surface area contributed by atoms with Crippen molar-refractivity contribution >= 4 is 11.4 Å². The van der Waals surface area contributed by atoms with E-state index in [1.165, 1.54) is 12.1 Å². The normalized spacial score (nSPS) is 10.4. The number of aromatic nitrogens is 2. The summed E-state index contributed by atoms with van der Waals surface area (Å²) in [7, 11) is 0. The number of hydrogen-bond donors (Lipinski definition) is 1. The van der Waals surface area contributed by atoms with Crippen molar-refractivity contribution in [3.05, 3.63) is 70.6 Å². The standard InChI is InChI=1S/C15H12N4O3/c20-19(21)13-8-4-7-12(9-13)16-10-14-17-15(18-22-14)11-5-2-1-3-6-11/h1-9,16H,10H2. The first kappa shape index (κ1) is 13.7. The van der Waals surface area contributed by atoms with E-state index in [0.717, 1.165) is 5.56 Å². The number of hydrogen-bond acceptors (Lipinski definition) is 6. The fraction of sp³-hybridized carbons (Fsp3) is 0.0667. The van der Waals surface area contributed by atoms with E-state index in [0.29, 0.717) is 23.9 Å². The summed E-state index contributed by atoms with van der Waals surface area (Å²) in [5, 5.41) is 17.7. The van der Waals surface area contributed by atoms with E-state index in [1.807, 2.05) is 30.3 Å². The van der Waals surface area contributed by atoms with Crippen LogP contribution >= 0.6 is 0 Å². The Kier molecular flexibility index (Phi) is 3.78. The number of non-ortho nitro benzene ring substituents is 1. The monoisotopic (exact) mass is 296 g/mol. The van der Waals surface area contributed by atoms with Gasteiger partial charge < -0.3 is 9.84 Å². The van der Waals surface area contributed by atoms with Crippen molar-refractivity contribution in [2.45, 2.75) is 6.54 Å². The molecule has 1 heterocycles. The Morgan fingerprint density at radius 2 is 1.95 bits per heavy atom. The molecule has 0 radical (unpaired) electrons. The topological polar surface area (TPSA) is 94.1 Å². The summed E-state index contributed by atoms with van der Waals surface area (Å²) in [6.07, 6.45) is 0. The summed E-state index contributed by atoms with van der Waals surface area (Å²) in [6, 6.07) is 15.7. The molecule has 110 valence electrons. The Labute approximate surface area is 125 Å². The lowest BCUT2D eigenvalue weighted by atomic mass is 10.2. The lowest BCUT2D eigenvalue weighted by Gasteiger charge is -2.02. The number of benzene rings is 2. The minimum atomic E-state index is -0.439. The van der Waals surface area contributed by atoms with Gasteiger partial charge in [0, 0.05) is 23.4 Å². The Morgan fingerprint density at radius 3 is 2.73 bits per heavy atom.